The van der Waals surface area contributed by atoms with E-state index in [1.807, 2.05) is 37.3 Å². The molecule has 0 bridgehead atoms. The van der Waals surface area contributed by atoms with Gasteiger partial charge in [-0.05, 0) is 69.2 Å². The zero-order valence-corrected chi connectivity index (χ0v) is 18.1. The van der Waals surface area contributed by atoms with Crippen LogP contribution < -0.4 is 10.6 Å². The Hall–Kier alpha value is -2.70. The Morgan fingerprint density at radius 3 is 2.70 bits per heavy atom. The molecule has 160 valence electrons. The third-order valence-electron chi connectivity index (χ3n) is 5.57. The second-order valence-corrected chi connectivity index (χ2v) is 8.16. The summed E-state index contributed by atoms with van der Waals surface area (Å²) in [4.78, 5) is 29.9. The molecule has 1 aliphatic rings. The van der Waals surface area contributed by atoms with Gasteiger partial charge in [0.2, 0.25) is 5.91 Å². The van der Waals surface area contributed by atoms with Crippen molar-refractivity contribution in [2.45, 2.75) is 20.3 Å². The topological polar surface area (TPSA) is 64.7 Å². The predicted octanol–water partition coefficient (Wildman–Crippen LogP) is 3.46. The van der Waals surface area contributed by atoms with Crippen molar-refractivity contribution in [3.8, 4) is 0 Å². The molecule has 6 heteroatoms. The lowest BCUT2D eigenvalue weighted by Gasteiger charge is -2.20. The Labute approximate surface area is 179 Å². The maximum absolute atomic E-state index is 12.8. The Morgan fingerprint density at radius 2 is 1.93 bits per heavy atom. The van der Waals surface area contributed by atoms with Gasteiger partial charge in [0.1, 0.15) is 0 Å². The number of anilines is 2. The molecule has 1 atom stereocenters. The fourth-order valence-electron chi connectivity index (χ4n) is 3.88. The summed E-state index contributed by atoms with van der Waals surface area (Å²) in [7, 11) is 2.13. The first-order chi connectivity index (χ1) is 14.4. The van der Waals surface area contributed by atoms with E-state index in [2.05, 4.69) is 34.4 Å². The molecule has 0 aliphatic carbocycles. The van der Waals surface area contributed by atoms with Crippen LogP contribution >= 0.6 is 0 Å². The molecule has 2 amide bonds. The number of nitrogens with one attached hydrogen (secondary N) is 2. The first kappa shape index (κ1) is 22.0. The van der Waals surface area contributed by atoms with E-state index >= 15 is 0 Å². The summed E-state index contributed by atoms with van der Waals surface area (Å²) in [5, 5.41) is 5.84. The van der Waals surface area contributed by atoms with Gasteiger partial charge in [0.15, 0.2) is 0 Å². The largest absolute Gasteiger partial charge is 0.324 e. The number of amides is 2. The summed E-state index contributed by atoms with van der Waals surface area (Å²) in [6.07, 6.45) is 1.12. The normalized spacial score (nSPS) is 16.6. The van der Waals surface area contributed by atoms with E-state index in [4.69, 9.17) is 0 Å². The van der Waals surface area contributed by atoms with Crippen molar-refractivity contribution in [3.63, 3.8) is 0 Å². The summed E-state index contributed by atoms with van der Waals surface area (Å²) < 4.78 is 0. The molecule has 0 spiro atoms. The van der Waals surface area contributed by atoms with Crippen LogP contribution in [0.4, 0.5) is 11.4 Å². The number of para-hydroxylation sites is 1. The highest BCUT2D eigenvalue weighted by Gasteiger charge is 2.25. The molecule has 1 aliphatic heterocycles. The van der Waals surface area contributed by atoms with E-state index in [0.717, 1.165) is 43.9 Å². The highest BCUT2D eigenvalue weighted by atomic mass is 16.2. The number of carbonyl (C=O) groups excluding carboxylic acids is 2. The summed E-state index contributed by atoms with van der Waals surface area (Å²) in [5.74, 6) is 0.283. The molecule has 1 saturated heterocycles. The van der Waals surface area contributed by atoms with Crippen molar-refractivity contribution >= 4 is 23.2 Å². The van der Waals surface area contributed by atoms with E-state index in [0.29, 0.717) is 23.7 Å². The molecule has 0 radical (unpaired) electrons. The number of likely N-dealkylation sites (tertiary alicyclic amines) is 1. The Morgan fingerprint density at radius 1 is 1.13 bits per heavy atom. The van der Waals surface area contributed by atoms with Crippen molar-refractivity contribution in [2.24, 2.45) is 5.92 Å². The van der Waals surface area contributed by atoms with Gasteiger partial charge in [-0.2, -0.15) is 0 Å². The number of benzene rings is 2. The van der Waals surface area contributed by atoms with Crippen LogP contribution in [0.2, 0.25) is 0 Å². The minimum Gasteiger partial charge on any atom is -0.324 e. The molecule has 30 heavy (non-hydrogen) atoms. The van der Waals surface area contributed by atoms with Gasteiger partial charge in [-0.15, -0.1) is 0 Å². The average molecular weight is 409 g/mol. The zero-order chi connectivity index (χ0) is 21.5. The second-order valence-electron chi connectivity index (χ2n) is 8.16. The lowest BCUT2D eigenvalue weighted by Crippen LogP contribution is -2.33. The standard InChI is InChI=1S/C24H32N4O2/c1-4-27(3)15-19-12-13-28(16-19)17-23(29)26-22-11-6-5-10-21(22)24(30)25-20-9-7-8-18(2)14-20/h5-11,14,19H,4,12-13,15-17H2,1-3H3,(H,25,30)(H,26,29). The maximum Gasteiger partial charge on any atom is 0.257 e. The van der Waals surface area contributed by atoms with Crippen molar-refractivity contribution in [2.75, 3.05) is 50.4 Å². The van der Waals surface area contributed by atoms with E-state index in [1.165, 1.54) is 0 Å². The smallest absolute Gasteiger partial charge is 0.257 e. The van der Waals surface area contributed by atoms with Crippen LogP contribution in [0.25, 0.3) is 0 Å². The third-order valence-corrected chi connectivity index (χ3v) is 5.57. The highest BCUT2D eigenvalue weighted by molar-refractivity contribution is 6.10. The number of nitrogens with zero attached hydrogens (tertiary/aromatic N) is 2. The lowest BCUT2D eigenvalue weighted by molar-refractivity contribution is -0.117. The molecule has 2 aromatic rings. The fraction of sp³-hybridized carbons (Fsp3) is 0.417. The minimum atomic E-state index is -0.236. The summed E-state index contributed by atoms with van der Waals surface area (Å²) >= 11 is 0. The van der Waals surface area contributed by atoms with E-state index < -0.39 is 0 Å². The van der Waals surface area contributed by atoms with Gasteiger partial charge in [0, 0.05) is 18.8 Å². The molecule has 1 unspecified atom stereocenters. The molecule has 1 fully saturated rings. The summed E-state index contributed by atoms with van der Waals surface area (Å²) in [6, 6.07) is 14.8. The molecule has 3 rings (SSSR count). The predicted molar refractivity (Wildman–Crippen MR) is 122 cm³/mol. The minimum absolute atomic E-state index is 0.0877. The van der Waals surface area contributed by atoms with Crippen LogP contribution in [-0.2, 0) is 4.79 Å². The highest BCUT2D eigenvalue weighted by Crippen LogP contribution is 2.20. The number of rotatable bonds is 8. The van der Waals surface area contributed by atoms with Crippen LogP contribution in [0, 0.1) is 12.8 Å². The quantitative estimate of drug-likeness (QED) is 0.702. The number of hydrogen-bond donors (Lipinski definition) is 2. The Bertz CT molecular complexity index is 883. The molecule has 2 N–H and O–H groups in total. The van der Waals surface area contributed by atoms with Crippen LogP contribution in [0.15, 0.2) is 48.5 Å². The van der Waals surface area contributed by atoms with Crippen molar-refractivity contribution in [3.05, 3.63) is 59.7 Å². The molecule has 0 saturated carbocycles. The van der Waals surface area contributed by atoms with Crippen molar-refractivity contribution < 1.29 is 9.59 Å². The van der Waals surface area contributed by atoms with Crippen LogP contribution in [0.3, 0.4) is 0 Å². The molecule has 6 nitrogen and oxygen atoms in total. The average Bonchev–Trinajstić information content (AvgIpc) is 3.14. The number of aryl methyl sites for hydroxylation is 1. The number of hydrogen-bond acceptors (Lipinski definition) is 4. The van der Waals surface area contributed by atoms with E-state index in [1.54, 1.807) is 18.2 Å². The molecular formula is C24H32N4O2. The SMILES string of the molecule is CCN(C)CC1CCN(CC(=O)Nc2ccccc2C(=O)Nc2cccc(C)c2)C1. The third kappa shape index (κ3) is 6.15. The zero-order valence-electron chi connectivity index (χ0n) is 18.1. The van der Waals surface area contributed by atoms with Crippen molar-refractivity contribution in [1.29, 1.82) is 0 Å². The summed E-state index contributed by atoms with van der Waals surface area (Å²) in [6.45, 7) is 8.47. The van der Waals surface area contributed by atoms with Crippen LogP contribution in [0.1, 0.15) is 29.3 Å². The van der Waals surface area contributed by atoms with E-state index in [9.17, 15) is 9.59 Å². The fourth-order valence-corrected chi connectivity index (χ4v) is 3.88. The van der Waals surface area contributed by atoms with Gasteiger partial charge < -0.3 is 15.5 Å². The first-order valence-electron chi connectivity index (χ1n) is 10.6. The van der Waals surface area contributed by atoms with Gasteiger partial charge in [-0.3, -0.25) is 14.5 Å². The second kappa shape index (κ2) is 10.4. The lowest BCUT2D eigenvalue weighted by atomic mass is 10.1. The van der Waals surface area contributed by atoms with Gasteiger partial charge in [-0.1, -0.05) is 31.2 Å². The monoisotopic (exact) mass is 408 g/mol. The Kier molecular flexibility index (Phi) is 7.60. The summed E-state index contributed by atoms with van der Waals surface area (Å²) in [5.41, 5.74) is 2.80. The first-order valence-corrected chi connectivity index (χ1v) is 10.6. The molecule has 0 aromatic heterocycles. The Balaban J connectivity index is 1.58. The van der Waals surface area contributed by atoms with Crippen LogP contribution in [-0.4, -0.2) is 61.4 Å². The van der Waals surface area contributed by atoms with Gasteiger partial charge in [-0.25, -0.2) is 0 Å². The molecule has 1 heterocycles. The molecular weight excluding hydrogens is 376 g/mol. The van der Waals surface area contributed by atoms with Gasteiger partial charge in [0.25, 0.3) is 5.91 Å². The molecule has 2 aromatic carbocycles. The van der Waals surface area contributed by atoms with Gasteiger partial charge in [0.05, 0.1) is 17.8 Å². The van der Waals surface area contributed by atoms with E-state index in [-0.39, 0.29) is 11.8 Å². The van der Waals surface area contributed by atoms with Gasteiger partial charge >= 0.3 is 0 Å². The van der Waals surface area contributed by atoms with Crippen molar-refractivity contribution in [1.82, 2.24) is 9.80 Å². The van der Waals surface area contributed by atoms with Crippen LogP contribution in [0.5, 0.6) is 0 Å². The maximum atomic E-state index is 12.8. The number of carbonyl (C=O) groups is 2.